The zero-order valence-corrected chi connectivity index (χ0v) is 12.5. The molecule has 19 heavy (non-hydrogen) atoms. The van der Waals surface area contributed by atoms with Gasteiger partial charge in [0, 0.05) is 31.0 Å². The first kappa shape index (κ1) is 14.7. The van der Waals surface area contributed by atoms with Crippen molar-refractivity contribution < 1.29 is 9.53 Å². The maximum Gasteiger partial charge on any atom is 0.236 e. The molecular weight excluding hydrogens is 282 g/mol. The van der Waals surface area contributed by atoms with E-state index >= 15 is 0 Å². The third kappa shape index (κ3) is 3.65. The molecule has 1 aromatic carbocycles. The Labute approximate surface area is 123 Å². The third-order valence-electron chi connectivity index (χ3n) is 3.15. The van der Waals surface area contributed by atoms with Gasteiger partial charge in [-0.15, -0.1) is 23.4 Å². The Morgan fingerprint density at radius 3 is 2.95 bits per heavy atom. The molecule has 1 heterocycles. The summed E-state index contributed by atoms with van der Waals surface area (Å²) in [4.78, 5) is 15.5. The van der Waals surface area contributed by atoms with Crippen molar-refractivity contribution in [2.24, 2.45) is 0 Å². The lowest BCUT2D eigenvalue weighted by atomic mass is 10.1. The number of ether oxygens (including phenoxy) is 1. The van der Waals surface area contributed by atoms with E-state index in [0.717, 1.165) is 6.42 Å². The van der Waals surface area contributed by atoms with E-state index in [1.807, 2.05) is 12.1 Å². The molecule has 0 fully saturated rings. The van der Waals surface area contributed by atoms with Crippen LogP contribution in [0.25, 0.3) is 0 Å². The number of halogens is 1. The van der Waals surface area contributed by atoms with Crippen LogP contribution in [-0.4, -0.2) is 48.7 Å². The van der Waals surface area contributed by atoms with Gasteiger partial charge in [-0.05, 0) is 18.1 Å². The minimum atomic E-state index is -0.0162. The summed E-state index contributed by atoms with van der Waals surface area (Å²) < 4.78 is 5.05. The second-order valence-corrected chi connectivity index (χ2v) is 6.05. The molecule has 3 nitrogen and oxygen atoms in total. The summed E-state index contributed by atoms with van der Waals surface area (Å²) in [5, 5.41) is -0.0162. The molecule has 1 aliphatic rings. The number of methoxy groups -OCH3 is 1. The summed E-state index contributed by atoms with van der Waals surface area (Å²) in [6, 6.07) is 8.21. The maximum atomic E-state index is 12.5. The van der Waals surface area contributed by atoms with Crippen LogP contribution in [0.3, 0.4) is 0 Å². The van der Waals surface area contributed by atoms with E-state index in [0.29, 0.717) is 25.6 Å². The van der Waals surface area contributed by atoms with Gasteiger partial charge < -0.3 is 9.64 Å². The molecule has 1 unspecified atom stereocenters. The minimum Gasteiger partial charge on any atom is -0.383 e. The van der Waals surface area contributed by atoms with Gasteiger partial charge in [0.15, 0.2) is 0 Å². The molecule has 0 radical (unpaired) electrons. The number of hydrogen-bond acceptors (Lipinski definition) is 3. The summed E-state index contributed by atoms with van der Waals surface area (Å²) in [5.41, 5.74) is 1.27. The average molecular weight is 300 g/mol. The molecular formula is C14H18ClNO2S. The first-order chi connectivity index (χ1) is 9.26. The van der Waals surface area contributed by atoms with Gasteiger partial charge in [-0.2, -0.15) is 0 Å². The van der Waals surface area contributed by atoms with E-state index in [1.54, 1.807) is 23.8 Å². The fourth-order valence-corrected chi connectivity index (χ4v) is 3.64. The number of hydrogen-bond donors (Lipinski definition) is 0. The molecule has 0 N–H and O–H groups in total. The van der Waals surface area contributed by atoms with E-state index in [4.69, 9.17) is 16.3 Å². The number of amides is 1. The van der Waals surface area contributed by atoms with E-state index < -0.39 is 0 Å². The molecule has 0 aliphatic carbocycles. The summed E-state index contributed by atoms with van der Waals surface area (Å²) in [5.74, 6) is 0.624. The van der Waals surface area contributed by atoms with Crippen LogP contribution >= 0.6 is 23.4 Å². The van der Waals surface area contributed by atoms with Crippen LogP contribution in [0.1, 0.15) is 5.56 Å². The molecule has 5 heteroatoms. The Bertz CT molecular complexity index is 416. The third-order valence-corrected chi connectivity index (χ3v) is 4.63. The molecule has 0 aromatic heterocycles. The van der Waals surface area contributed by atoms with Gasteiger partial charge in [0.2, 0.25) is 5.91 Å². The van der Waals surface area contributed by atoms with Crippen molar-refractivity contribution in [2.45, 2.75) is 16.6 Å². The largest absolute Gasteiger partial charge is 0.383 e. The number of alkyl halides is 1. The van der Waals surface area contributed by atoms with Gasteiger partial charge in [0.25, 0.3) is 0 Å². The van der Waals surface area contributed by atoms with Crippen LogP contribution in [0.15, 0.2) is 29.2 Å². The maximum absolute atomic E-state index is 12.5. The van der Waals surface area contributed by atoms with Crippen LogP contribution < -0.4 is 0 Å². The van der Waals surface area contributed by atoms with E-state index in [2.05, 4.69) is 12.1 Å². The van der Waals surface area contributed by atoms with Gasteiger partial charge in [-0.25, -0.2) is 0 Å². The van der Waals surface area contributed by atoms with Crippen LogP contribution in [0.5, 0.6) is 0 Å². The molecule has 0 saturated carbocycles. The predicted molar refractivity (Wildman–Crippen MR) is 79.0 cm³/mol. The summed E-state index contributed by atoms with van der Waals surface area (Å²) >= 11 is 7.43. The van der Waals surface area contributed by atoms with Crippen molar-refractivity contribution >= 4 is 29.3 Å². The van der Waals surface area contributed by atoms with Gasteiger partial charge in [0.1, 0.15) is 0 Å². The Morgan fingerprint density at radius 1 is 1.47 bits per heavy atom. The number of rotatable bonds is 6. The smallest absolute Gasteiger partial charge is 0.236 e. The minimum absolute atomic E-state index is 0.0162. The molecule has 2 rings (SSSR count). The van der Waals surface area contributed by atoms with Gasteiger partial charge in [-0.3, -0.25) is 4.79 Å². The average Bonchev–Trinajstić information content (AvgIpc) is 2.86. The number of fused-ring (bicyclic) bond motifs is 1. The van der Waals surface area contributed by atoms with Crippen LogP contribution in [0.4, 0.5) is 0 Å². The predicted octanol–water partition coefficient (Wildman–Crippen LogP) is 2.42. The van der Waals surface area contributed by atoms with Crippen molar-refractivity contribution in [3.63, 3.8) is 0 Å². The number of thioether (sulfide) groups is 1. The quantitative estimate of drug-likeness (QED) is 0.756. The molecule has 1 aromatic rings. The standard InChI is InChI=1S/C14H18ClNO2S/c1-18-9-8-16(7-6-15)14(17)13-10-11-4-2-3-5-12(11)19-13/h2-5,13H,6-10H2,1H3. The lowest BCUT2D eigenvalue weighted by molar-refractivity contribution is -0.130. The monoisotopic (exact) mass is 299 g/mol. The summed E-state index contributed by atoms with van der Waals surface area (Å²) in [6.45, 7) is 1.74. The van der Waals surface area contributed by atoms with Crippen molar-refractivity contribution in [1.29, 1.82) is 0 Å². The Morgan fingerprint density at radius 2 is 2.26 bits per heavy atom. The first-order valence-electron chi connectivity index (χ1n) is 6.34. The van der Waals surface area contributed by atoms with Crippen molar-refractivity contribution in [1.82, 2.24) is 4.90 Å². The van der Waals surface area contributed by atoms with Gasteiger partial charge in [0.05, 0.1) is 11.9 Å². The van der Waals surface area contributed by atoms with Crippen LogP contribution in [0, 0.1) is 0 Å². The zero-order chi connectivity index (χ0) is 13.7. The lowest BCUT2D eigenvalue weighted by Gasteiger charge is -2.24. The number of nitrogens with zero attached hydrogens (tertiary/aromatic N) is 1. The highest BCUT2D eigenvalue weighted by Crippen LogP contribution is 2.37. The fourth-order valence-electron chi connectivity index (χ4n) is 2.16. The molecule has 1 atom stereocenters. The SMILES string of the molecule is COCCN(CCCl)C(=O)C1Cc2ccccc2S1. The molecule has 0 saturated heterocycles. The van der Waals surface area contributed by atoms with Crippen molar-refractivity contribution in [3.8, 4) is 0 Å². The number of carbonyl (C=O) groups is 1. The topological polar surface area (TPSA) is 29.5 Å². The first-order valence-corrected chi connectivity index (χ1v) is 7.76. The highest BCUT2D eigenvalue weighted by atomic mass is 35.5. The highest BCUT2D eigenvalue weighted by Gasteiger charge is 2.30. The molecule has 0 spiro atoms. The normalized spacial score (nSPS) is 17.3. The second kappa shape index (κ2) is 7.17. The van der Waals surface area contributed by atoms with Gasteiger partial charge >= 0.3 is 0 Å². The van der Waals surface area contributed by atoms with Crippen molar-refractivity contribution in [2.75, 3.05) is 32.7 Å². The van der Waals surface area contributed by atoms with Gasteiger partial charge in [-0.1, -0.05) is 18.2 Å². The summed E-state index contributed by atoms with van der Waals surface area (Å²) in [6.07, 6.45) is 0.811. The Kier molecular flexibility index (Phi) is 5.55. The van der Waals surface area contributed by atoms with E-state index in [9.17, 15) is 4.79 Å². The molecule has 104 valence electrons. The van der Waals surface area contributed by atoms with Crippen LogP contribution in [-0.2, 0) is 16.0 Å². The highest BCUT2D eigenvalue weighted by molar-refractivity contribution is 8.01. The Hall–Kier alpha value is -0.710. The fraction of sp³-hybridized carbons (Fsp3) is 0.500. The number of benzene rings is 1. The second-order valence-electron chi connectivity index (χ2n) is 4.43. The molecule has 0 bridgehead atoms. The van der Waals surface area contributed by atoms with E-state index in [1.165, 1.54) is 10.5 Å². The Balaban J connectivity index is 1.99. The van der Waals surface area contributed by atoms with Crippen LogP contribution in [0.2, 0.25) is 0 Å². The molecule has 1 amide bonds. The zero-order valence-electron chi connectivity index (χ0n) is 11.0. The summed E-state index contributed by atoms with van der Waals surface area (Å²) in [7, 11) is 1.64. The molecule has 1 aliphatic heterocycles. The number of carbonyl (C=O) groups excluding carboxylic acids is 1. The van der Waals surface area contributed by atoms with Crippen molar-refractivity contribution in [3.05, 3.63) is 29.8 Å². The van der Waals surface area contributed by atoms with E-state index in [-0.39, 0.29) is 11.2 Å². The lowest BCUT2D eigenvalue weighted by Crippen LogP contribution is -2.40.